The Labute approximate surface area is 111 Å². The zero-order valence-corrected chi connectivity index (χ0v) is 11.9. The van der Waals surface area contributed by atoms with Crippen LogP contribution < -0.4 is 5.32 Å². The molecule has 1 aromatic rings. The zero-order chi connectivity index (χ0) is 13.8. The normalized spacial score (nSPS) is 11.1. The Kier molecular flexibility index (Phi) is 4.84. The highest BCUT2D eigenvalue weighted by atomic mass is 32.1. The molecule has 0 atom stereocenters. The number of ether oxygens (including phenoxy) is 1. The van der Waals surface area contributed by atoms with Gasteiger partial charge < -0.3 is 10.1 Å². The van der Waals surface area contributed by atoms with Gasteiger partial charge in [0.05, 0.1) is 6.54 Å². The van der Waals surface area contributed by atoms with Gasteiger partial charge in [-0.2, -0.15) is 0 Å². The standard InChI is InChI=1S/C12H18N2O3S/c1-5-9(15)13-6-10-14-8(7-18-10)11(16)17-12(2,3)4/h7H,5-6H2,1-4H3,(H,13,15). The molecule has 100 valence electrons. The zero-order valence-electron chi connectivity index (χ0n) is 11.1. The molecule has 18 heavy (non-hydrogen) atoms. The predicted molar refractivity (Wildman–Crippen MR) is 69.4 cm³/mol. The van der Waals surface area contributed by atoms with Crippen LogP contribution in [0.5, 0.6) is 0 Å². The van der Waals surface area contributed by atoms with Crippen LogP contribution in [0.1, 0.15) is 49.6 Å². The monoisotopic (exact) mass is 270 g/mol. The van der Waals surface area contributed by atoms with Crippen molar-refractivity contribution >= 4 is 23.2 Å². The first kappa shape index (κ1) is 14.6. The highest BCUT2D eigenvalue weighted by Crippen LogP contribution is 2.15. The molecule has 6 heteroatoms. The molecule has 0 aliphatic heterocycles. The number of aromatic nitrogens is 1. The van der Waals surface area contributed by atoms with Gasteiger partial charge in [0.2, 0.25) is 5.91 Å². The first-order chi connectivity index (χ1) is 8.31. The summed E-state index contributed by atoms with van der Waals surface area (Å²) < 4.78 is 5.20. The van der Waals surface area contributed by atoms with E-state index < -0.39 is 11.6 Å². The third-order valence-electron chi connectivity index (χ3n) is 1.92. The molecule has 0 unspecified atom stereocenters. The topological polar surface area (TPSA) is 68.3 Å². The largest absolute Gasteiger partial charge is 0.455 e. The summed E-state index contributed by atoms with van der Waals surface area (Å²) in [6, 6.07) is 0. The molecule has 0 saturated carbocycles. The molecule has 0 bridgehead atoms. The Hall–Kier alpha value is -1.43. The van der Waals surface area contributed by atoms with E-state index in [1.54, 1.807) is 33.1 Å². The number of hydrogen-bond acceptors (Lipinski definition) is 5. The van der Waals surface area contributed by atoms with E-state index in [-0.39, 0.29) is 11.6 Å². The van der Waals surface area contributed by atoms with Gasteiger partial charge in [-0.15, -0.1) is 11.3 Å². The van der Waals surface area contributed by atoms with Gasteiger partial charge in [0.25, 0.3) is 0 Å². The molecule has 0 fully saturated rings. The number of carbonyl (C=O) groups excluding carboxylic acids is 2. The summed E-state index contributed by atoms with van der Waals surface area (Å²) in [7, 11) is 0. The Morgan fingerprint density at radius 2 is 2.11 bits per heavy atom. The summed E-state index contributed by atoms with van der Waals surface area (Å²) in [5.41, 5.74) is -0.243. The lowest BCUT2D eigenvalue weighted by Crippen LogP contribution is -2.24. The van der Waals surface area contributed by atoms with Gasteiger partial charge in [-0.25, -0.2) is 9.78 Å². The van der Waals surface area contributed by atoms with Gasteiger partial charge in [-0.05, 0) is 20.8 Å². The number of thiazole rings is 1. The van der Waals surface area contributed by atoms with Crippen molar-refractivity contribution < 1.29 is 14.3 Å². The van der Waals surface area contributed by atoms with Crippen LogP contribution in [0, 0.1) is 0 Å². The van der Waals surface area contributed by atoms with Gasteiger partial charge in [-0.3, -0.25) is 4.79 Å². The lowest BCUT2D eigenvalue weighted by Gasteiger charge is -2.18. The van der Waals surface area contributed by atoms with Crippen molar-refractivity contribution in [2.45, 2.75) is 46.3 Å². The van der Waals surface area contributed by atoms with E-state index >= 15 is 0 Å². The summed E-state index contributed by atoms with van der Waals surface area (Å²) in [5, 5.41) is 5.04. The number of nitrogens with one attached hydrogen (secondary N) is 1. The van der Waals surface area contributed by atoms with E-state index in [0.717, 1.165) is 0 Å². The first-order valence-corrected chi connectivity index (χ1v) is 6.64. The molecule has 0 aliphatic rings. The lowest BCUT2D eigenvalue weighted by atomic mass is 10.2. The summed E-state index contributed by atoms with van der Waals surface area (Å²) in [5.74, 6) is -0.476. The molecule has 0 aliphatic carbocycles. The van der Waals surface area contributed by atoms with Crippen molar-refractivity contribution in [1.29, 1.82) is 0 Å². The first-order valence-electron chi connectivity index (χ1n) is 5.76. The molecule has 1 amide bonds. The average molecular weight is 270 g/mol. The van der Waals surface area contributed by atoms with Gasteiger partial charge in [0, 0.05) is 11.8 Å². The quantitative estimate of drug-likeness (QED) is 0.851. The maximum absolute atomic E-state index is 11.7. The van der Waals surface area contributed by atoms with Crippen molar-refractivity contribution in [2.24, 2.45) is 0 Å². The molecular weight excluding hydrogens is 252 g/mol. The smallest absolute Gasteiger partial charge is 0.358 e. The van der Waals surface area contributed by atoms with Crippen molar-refractivity contribution in [2.75, 3.05) is 0 Å². The second-order valence-electron chi connectivity index (χ2n) is 4.76. The van der Waals surface area contributed by atoms with Gasteiger partial charge >= 0.3 is 5.97 Å². The van der Waals surface area contributed by atoms with Crippen LogP contribution in [-0.2, 0) is 16.1 Å². The molecule has 1 aromatic heterocycles. The Morgan fingerprint density at radius 3 is 2.67 bits per heavy atom. The molecule has 1 heterocycles. The molecule has 0 spiro atoms. The third kappa shape index (κ3) is 4.83. The maximum atomic E-state index is 11.7. The van der Waals surface area contributed by atoms with E-state index in [2.05, 4.69) is 10.3 Å². The highest BCUT2D eigenvalue weighted by Gasteiger charge is 2.20. The molecule has 0 radical (unpaired) electrons. The van der Waals surface area contributed by atoms with Crippen LogP contribution >= 0.6 is 11.3 Å². The average Bonchev–Trinajstić information content (AvgIpc) is 2.72. The van der Waals surface area contributed by atoms with E-state index in [1.807, 2.05) is 0 Å². The fraction of sp³-hybridized carbons (Fsp3) is 0.583. The number of carbonyl (C=O) groups is 2. The van der Waals surface area contributed by atoms with Crippen molar-refractivity contribution in [3.8, 4) is 0 Å². The molecule has 0 aromatic carbocycles. The van der Waals surface area contributed by atoms with E-state index in [9.17, 15) is 9.59 Å². The summed E-state index contributed by atoms with van der Waals surface area (Å²) in [4.78, 5) is 26.9. The fourth-order valence-corrected chi connectivity index (χ4v) is 1.82. The minimum absolute atomic E-state index is 0.0379. The van der Waals surface area contributed by atoms with Crippen LogP contribution in [0.2, 0.25) is 0 Å². The molecule has 5 nitrogen and oxygen atoms in total. The van der Waals surface area contributed by atoms with Gasteiger partial charge in [0.15, 0.2) is 5.69 Å². The Balaban J connectivity index is 2.58. The van der Waals surface area contributed by atoms with Crippen LogP contribution in [-0.4, -0.2) is 22.5 Å². The minimum atomic E-state index is -0.530. The third-order valence-corrected chi connectivity index (χ3v) is 2.77. The number of amides is 1. The highest BCUT2D eigenvalue weighted by molar-refractivity contribution is 7.09. The summed E-state index contributed by atoms with van der Waals surface area (Å²) in [6.07, 6.45) is 0.435. The SMILES string of the molecule is CCC(=O)NCc1nc(C(=O)OC(C)(C)C)cs1. The minimum Gasteiger partial charge on any atom is -0.455 e. The van der Waals surface area contributed by atoms with Gasteiger partial charge in [-0.1, -0.05) is 6.92 Å². The number of hydrogen-bond donors (Lipinski definition) is 1. The lowest BCUT2D eigenvalue weighted by molar-refractivity contribution is -0.120. The van der Waals surface area contributed by atoms with Crippen LogP contribution in [0.4, 0.5) is 0 Å². The van der Waals surface area contributed by atoms with Crippen LogP contribution in [0.3, 0.4) is 0 Å². The number of rotatable bonds is 4. The van der Waals surface area contributed by atoms with Crippen molar-refractivity contribution in [3.63, 3.8) is 0 Å². The number of esters is 1. The van der Waals surface area contributed by atoms with Crippen molar-refractivity contribution in [3.05, 3.63) is 16.1 Å². The second-order valence-corrected chi connectivity index (χ2v) is 5.70. The molecule has 1 rings (SSSR count). The van der Waals surface area contributed by atoms with E-state index in [0.29, 0.717) is 18.0 Å². The molecule has 0 saturated heterocycles. The van der Waals surface area contributed by atoms with Crippen LogP contribution in [0.15, 0.2) is 5.38 Å². The molecular formula is C12H18N2O3S. The molecule has 1 N–H and O–H groups in total. The Bertz CT molecular complexity index is 435. The Morgan fingerprint density at radius 1 is 1.44 bits per heavy atom. The van der Waals surface area contributed by atoms with E-state index in [1.165, 1.54) is 11.3 Å². The summed E-state index contributed by atoms with van der Waals surface area (Å²) in [6.45, 7) is 7.54. The van der Waals surface area contributed by atoms with E-state index in [4.69, 9.17) is 4.74 Å². The fourth-order valence-electron chi connectivity index (χ4n) is 1.12. The predicted octanol–water partition coefficient (Wildman–Crippen LogP) is 2.12. The number of nitrogens with zero attached hydrogens (tertiary/aromatic N) is 1. The van der Waals surface area contributed by atoms with Gasteiger partial charge in [0.1, 0.15) is 10.6 Å². The van der Waals surface area contributed by atoms with Crippen LogP contribution in [0.25, 0.3) is 0 Å². The maximum Gasteiger partial charge on any atom is 0.358 e. The summed E-state index contributed by atoms with van der Waals surface area (Å²) >= 11 is 1.33. The second kappa shape index (κ2) is 5.95. The van der Waals surface area contributed by atoms with Crippen molar-refractivity contribution in [1.82, 2.24) is 10.3 Å².